The average Bonchev–Trinajstić information content (AvgIpc) is 2.26. The number of nitro benzene ring substituents is 1. The first-order valence-electron chi connectivity index (χ1n) is 5.67. The molecule has 1 aromatic rings. The van der Waals surface area contributed by atoms with Gasteiger partial charge < -0.3 is 11.1 Å². The maximum absolute atomic E-state index is 12.1. The third kappa shape index (κ3) is 4.20. The molecule has 108 valence electrons. The lowest BCUT2D eigenvalue weighted by Crippen LogP contribution is -2.46. The number of hydrogen-bond acceptors (Lipinski definition) is 4. The van der Waals surface area contributed by atoms with Crippen LogP contribution in [0.5, 0.6) is 0 Å². The highest BCUT2D eigenvalue weighted by Crippen LogP contribution is 2.23. The number of hydrogen-bond donors (Lipinski definition) is 2. The van der Waals surface area contributed by atoms with Gasteiger partial charge in [-0.2, -0.15) is 0 Å². The zero-order chi connectivity index (χ0) is 15.5. The first-order chi connectivity index (χ1) is 9.12. The highest BCUT2D eigenvalue weighted by atomic mass is 35.5. The summed E-state index contributed by atoms with van der Waals surface area (Å²) in [6.07, 6.45) is -0.0642. The summed E-state index contributed by atoms with van der Waals surface area (Å²) in [5.74, 6) is -1.18. The summed E-state index contributed by atoms with van der Waals surface area (Å²) in [7, 11) is 0. The van der Waals surface area contributed by atoms with E-state index >= 15 is 0 Å². The van der Waals surface area contributed by atoms with Gasteiger partial charge in [0.15, 0.2) is 0 Å². The van der Waals surface area contributed by atoms with Crippen LogP contribution in [-0.2, 0) is 4.79 Å². The Morgan fingerprint density at radius 1 is 1.45 bits per heavy atom. The molecule has 0 unspecified atom stereocenters. The Kier molecular flexibility index (Phi) is 4.67. The molecule has 0 bridgehead atoms. The van der Waals surface area contributed by atoms with E-state index in [-0.39, 0.29) is 22.7 Å². The van der Waals surface area contributed by atoms with Gasteiger partial charge in [-0.15, -0.1) is 0 Å². The van der Waals surface area contributed by atoms with Crippen molar-refractivity contribution in [3.05, 3.63) is 38.9 Å². The molecule has 0 aliphatic rings. The maximum Gasteiger partial charge on any atom is 0.270 e. The molecule has 0 radical (unpaired) electrons. The van der Waals surface area contributed by atoms with Crippen LogP contribution in [0.2, 0.25) is 5.02 Å². The largest absolute Gasteiger partial charge is 0.370 e. The van der Waals surface area contributed by atoms with Gasteiger partial charge in [0.1, 0.15) is 0 Å². The fraction of sp³-hybridized carbons (Fsp3) is 0.333. The molecule has 0 spiro atoms. The topological polar surface area (TPSA) is 115 Å². The fourth-order valence-corrected chi connectivity index (χ4v) is 1.86. The Labute approximate surface area is 120 Å². The third-order valence-electron chi connectivity index (χ3n) is 2.47. The predicted molar refractivity (Wildman–Crippen MR) is 73.5 cm³/mol. The molecular formula is C12H14ClN3O4. The van der Waals surface area contributed by atoms with Gasteiger partial charge in [-0.25, -0.2) is 0 Å². The Hall–Kier alpha value is -2.15. The van der Waals surface area contributed by atoms with Crippen molar-refractivity contribution in [2.24, 2.45) is 5.73 Å². The SMILES string of the molecule is CC(C)(CC(N)=O)NC(=O)c1cc([N+](=O)[O-])ccc1Cl. The highest BCUT2D eigenvalue weighted by Gasteiger charge is 2.25. The van der Waals surface area contributed by atoms with E-state index in [1.165, 1.54) is 12.1 Å². The van der Waals surface area contributed by atoms with E-state index in [1.54, 1.807) is 13.8 Å². The van der Waals surface area contributed by atoms with Crippen LogP contribution in [0.1, 0.15) is 30.6 Å². The van der Waals surface area contributed by atoms with Crippen LogP contribution in [0.3, 0.4) is 0 Å². The van der Waals surface area contributed by atoms with Crippen molar-refractivity contribution >= 4 is 29.1 Å². The smallest absolute Gasteiger partial charge is 0.270 e. The molecule has 0 atom stereocenters. The Morgan fingerprint density at radius 2 is 2.05 bits per heavy atom. The average molecular weight is 300 g/mol. The lowest BCUT2D eigenvalue weighted by molar-refractivity contribution is -0.384. The number of nitrogens with one attached hydrogen (secondary N) is 1. The van der Waals surface area contributed by atoms with Gasteiger partial charge in [-0.3, -0.25) is 19.7 Å². The minimum atomic E-state index is -0.878. The Balaban J connectivity index is 3.00. The number of halogens is 1. The van der Waals surface area contributed by atoms with Crippen molar-refractivity contribution in [2.45, 2.75) is 25.8 Å². The first kappa shape index (κ1) is 15.9. The molecule has 1 aromatic carbocycles. The van der Waals surface area contributed by atoms with Gasteiger partial charge in [0.2, 0.25) is 5.91 Å². The van der Waals surface area contributed by atoms with E-state index < -0.39 is 22.3 Å². The zero-order valence-electron chi connectivity index (χ0n) is 11.0. The molecule has 0 fully saturated rings. The second kappa shape index (κ2) is 5.87. The molecular weight excluding hydrogens is 286 g/mol. The zero-order valence-corrected chi connectivity index (χ0v) is 11.7. The number of carbonyl (C=O) groups is 2. The second-order valence-electron chi connectivity index (χ2n) is 4.90. The summed E-state index contributed by atoms with van der Waals surface area (Å²) in [6, 6.07) is 3.56. The minimum absolute atomic E-state index is 0.0292. The van der Waals surface area contributed by atoms with Gasteiger partial charge >= 0.3 is 0 Å². The van der Waals surface area contributed by atoms with Gasteiger partial charge in [-0.1, -0.05) is 11.6 Å². The van der Waals surface area contributed by atoms with Crippen molar-refractivity contribution < 1.29 is 14.5 Å². The lowest BCUT2D eigenvalue weighted by atomic mass is 9.99. The van der Waals surface area contributed by atoms with E-state index in [2.05, 4.69) is 5.32 Å². The molecule has 20 heavy (non-hydrogen) atoms. The van der Waals surface area contributed by atoms with Gasteiger partial charge in [0, 0.05) is 24.1 Å². The van der Waals surface area contributed by atoms with Crippen molar-refractivity contribution in [1.29, 1.82) is 0 Å². The summed E-state index contributed by atoms with van der Waals surface area (Å²) in [6.45, 7) is 3.22. The molecule has 0 aliphatic heterocycles. The highest BCUT2D eigenvalue weighted by molar-refractivity contribution is 6.34. The first-order valence-corrected chi connectivity index (χ1v) is 6.05. The van der Waals surface area contributed by atoms with Crippen LogP contribution in [-0.4, -0.2) is 22.3 Å². The van der Waals surface area contributed by atoms with Crippen molar-refractivity contribution in [3.63, 3.8) is 0 Å². The van der Waals surface area contributed by atoms with Crippen LogP contribution in [0.15, 0.2) is 18.2 Å². The third-order valence-corrected chi connectivity index (χ3v) is 2.80. The van der Waals surface area contributed by atoms with Crippen molar-refractivity contribution in [1.82, 2.24) is 5.32 Å². The van der Waals surface area contributed by atoms with E-state index in [4.69, 9.17) is 17.3 Å². The van der Waals surface area contributed by atoms with Crippen LogP contribution in [0.25, 0.3) is 0 Å². The molecule has 2 amide bonds. The van der Waals surface area contributed by atoms with Crippen LogP contribution < -0.4 is 11.1 Å². The summed E-state index contributed by atoms with van der Waals surface area (Å²) in [5, 5.41) is 13.3. The molecule has 7 nitrogen and oxygen atoms in total. The molecule has 1 rings (SSSR count). The Bertz CT molecular complexity index is 572. The lowest BCUT2D eigenvalue weighted by Gasteiger charge is -2.24. The molecule has 0 saturated carbocycles. The molecule has 3 N–H and O–H groups in total. The minimum Gasteiger partial charge on any atom is -0.370 e. The number of carbonyl (C=O) groups excluding carboxylic acids is 2. The predicted octanol–water partition coefficient (Wildman–Crippen LogP) is 1.63. The number of nitrogens with zero attached hydrogens (tertiary/aromatic N) is 1. The fourth-order valence-electron chi connectivity index (χ4n) is 1.66. The molecule has 0 heterocycles. The normalized spacial score (nSPS) is 10.9. The van der Waals surface area contributed by atoms with Crippen molar-refractivity contribution in [3.8, 4) is 0 Å². The van der Waals surface area contributed by atoms with Gasteiger partial charge in [0.05, 0.1) is 15.5 Å². The molecule has 8 heteroatoms. The van der Waals surface area contributed by atoms with E-state index in [0.29, 0.717) is 0 Å². The quantitative estimate of drug-likeness (QED) is 0.635. The maximum atomic E-state index is 12.1. The van der Waals surface area contributed by atoms with Crippen LogP contribution in [0.4, 0.5) is 5.69 Å². The molecule has 0 saturated heterocycles. The second-order valence-corrected chi connectivity index (χ2v) is 5.31. The summed E-state index contributed by atoms with van der Waals surface area (Å²) in [4.78, 5) is 33.0. The van der Waals surface area contributed by atoms with Crippen molar-refractivity contribution in [2.75, 3.05) is 0 Å². The van der Waals surface area contributed by atoms with Gasteiger partial charge in [-0.05, 0) is 19.9 Å². The number of nitro groups is 1. The Morgan fingerprint density at radius 3 is 2.55 bits per heavy atom. The monoisotopic (exact) mass is 299 g/mol. The van der Waals surface area contributed by atoms with Gasteiger partial charge in [0.25, 0.3) is 11.6 Å². The number of benzene rings is 1. The molecule has 0 aromatic heterocycles. The van der Waals surface area contributed by atoms with Crippen LogP contribution >= 0.6 is 11.6 Å². The number of primary amides is 1. The van der Waals surface area contributed by atoms with Crippen LogP contribution in [0, 0.1) is 10.1 Å². The van der Waals surface area contributed by atoms with E-state index in [9.17, 15) is 19.7 Å². The standard InChI is InChI=1S/C12H14ClN3O4/c1-12(2,6-10(14)17)15-11(18)8-5-7(16(19)20)3-4-9(8)13/h3-5H,6H2,1-2H3,(H2,14,17)(H,15,18). The molecule has 0 aliphatic carbocycles. The summed E-state index contributed by atoms with van der Waals surface area (Å²) >= 11 is 5.86. The van der Waals surface area contributed by atoms with E-state index in [1.807, 2.05) is 0 Å². The summed E-state index contributed by atoms with van der Waals surface area (Å²) < 4.78 is 0. The number of rotatable bonds is 5. The number of amides is 2. The number of non-ortho nitro benzene ring substituents is 1. The number of nitrogens with two attached hydrogens (primary N) is 1. The van der Waals surface area contributed by atoms with E-state index in [0.717, 1.165) is 6.07 Å². The summed E-state index contributed by atoms with van der Waals surface area (Å²) in [5.41, 5.74) is 3.93.